The summed E-state index contributed by atoms with van der Waals surface area (Å²) in [4.78, 5) is 8.57. The molecule has 196 valence electrons. The van der Waals surface area contributed by atoms with Gasteiger partial charge in [0.2, 0.25) is 5.95 Å². The molecule has 4 rings (SSSR count). The third-order valence-corrected chi connectivity index (χ3v) is 7.84. The van der Waals surface area contributed by atoms with Crippen molar-refractivity contribution in [2.45, 2.75) is 75.5 Å². The molecule has 0 saturated heterocycles. The van der Waals surface area contributed by atoms with E-state index in [-0.39, 0.29) is 11.6 Å². The molecule has 0 unspecified atom stereocenters. The number of hydrogen-bond acceptors (Lipinski definition) is 7. The standard InChI is InChI=1S/C24H32F2N6O3S/c1-16(15-35-23(25)26)30-24-29-14-21-19(18-10-11-22(28-13-18)36(33,34)27-2)12-20(32(21)31-24)17-8-6-4-3-5-7-9-17/h10-14,16-17,23,27H,3-9,15H2,1-2H3,(H,30,31)/t16-/m0/s1. The highest BCUT2D eigenvalue weighted by Gasteiger charge is 2.22. The molecule has 1 atom stereocenters. The van der Waals surface area contributed by atoms with Crippen molar-refractivity contribution < 1.29 is 21.9 Å². The molecule has 12 heteroatoms. The molecular weight excluding hydrogens is 490 g/mol. The molecule has 9 nitrogen and oxygen atoms in total. The summed E-state index contributed by atoms with van der Waals surface area (Å²) >= 11 is 0. The second-order valence-electron chi connectivity index (χ2n) is 9.14. The Morgan fingerprint density at radius 1 is 1.11 bits per heavy atom. The van der Waals surface area contributed by atoms with E-state index in [4.69, 9.17) is 5.10 Å². The van der Waals surface area contributed by atoms with Gasteiger partial charge in [0, 0.05) is 35.0 Å². The van der Waals surface area contributed by atoms with Crippen LogP contribution in [0.5, 0.6) is 0 Å². The molecule has 0 radical (unpaired) electrons. The molecule has 0 spiro atoms. The minimum Gasteiger partial charge on any atom is -0.348 e. The predicted molar refractivity (Wildman–Crippen MR) is 133 cm³/mol. The summed E-state index contributed by atoms with van der Waals surface area (Å²) in [6.07, 6.45) is 11.3. The second kappa shape index (κ2) is 11.6. The summed E-state index contributed by atoms with van der Waals surface area (Å²) in [6, 6.07) is 4.88. The molecule has 36 heavy (non-hydrogen) atoms. The van der Waals surface area contributed by atoms with Gasteiger partial charge in [-0.25, -0.2) is 27.6 Å². The lowest BCUT2D eigenvalue weighted by Crippen LogP contribution is -2.24. The largest absolute Gasteiger partial charge is 0.348 e. The maximum absolute atomic E-state index is 12.4. The van der Waals surface area contributed by atoms with E-state index in [0.29, 0.717) is 11.9 Å². The van der Waals surface area contributed by atoms with Crippen molar-refractivity contribution >= 4 is 21.5 Å². The van der Waals surface area contributed by atoms with Crippen molar-refractivity contribution in [3.8, 4) is 11.1 Å². The lowest BCUT2D eigenvalue weighted by molar-refractivity contribution is -0.130. The molecule has 1 saturated carbocycles. The third-order valence-electron chi connectivity index (χ3n) is 6.51. The smallest absolute Gasteiger partial charge is 0.345 e. The van der Waals surface area contributed by atoms with Crippen LogP contribution in [0.3, 0.4) is 0 Å². The first kappa shape index (κ1) is 26.4. The number of ether oxygens (including phenoxy) is 1. The molecule has 0 bridgehead atoms. The van der Waals surface area contributed by atoms with Crippen LogP contribution in [0.15, 0.2) is 35.6 Å². The second-order valence-corrected chi connectivity index (χ2v) is 11.0. The fourth-order valence-corrected chi connectivity index (χ4v) is 5.28. The third kappa shape index (κ3) is 6.16. The molecule has 0 amide bonds. The van der Waals surface area contributed by atoms with Crippen molar-refractivity contribution in [1.82, 2.24) is 24.3 Å². The average molecular weight is 523 g/mol. The van der Waals surface area contributed by atoms with Gasteiger partial charge in [0.05, 0.1) is 18.3 Å². The highest BCUT2D eigenvalue weighted by Crippen LogP contribution is 2.36. The minimum atomic E-state index is -3.64. The Morgan fingerprint density at radius 2 is 1.83 bits per heavy atom. The molecule has 1 aliphatic carbocycles. The summed E-state index contributed by atoms with van der Waals surface area (Å²) in [5.41, 5.74) is 3.42. The first-order valence-corrected chi connectivity index (χ1v) is 13.7. The Balaban J connectivity index is 1.72. The number of aromatic nitrogens is 4. The number of pyridine rings is 1. The molecule has 3 heterocycles. The molecule has 2 N–H and O–H groups in total. The van der Waals surface area contributed by atoms with E-state index >= 15 is 0 Å². The lowest BCUT2D eigenvalue weighted by atomic mass is 9.88. The van der Waals surface area contributed by atoms with Gasteiger partial charge in [0.1, 0.15) is 0 Å². The number of fused-ring (bicyclic) bond motifs is 1. The van der Waals surface area contributed by atoms with Gasteiger partial charge >= 0.3 is 6.61 Å². The van der Waals surface area contributed by atoms with Crippen molar-refractivity contribution in [2.24, 2.45) is 0 Å². The molecule has 1 fully saturated rings. The lowest BCUT2D eigenvalue weighted by Gasteiger charge is -2.20. The number of nitrogens with zero attached hydrogens (tertiary/aromatic N) is 4. The number of sulfonamides is 1. The summed E-state index contributed by atoms with van der Waals surface area (Å²) in [5.74, 6) is 0.626. The number of nitrogens with one attached hydrogen (secondary N) is 2. The van der Waals surface area contributed by atoms with E-state index in [1.807, 2.05) is 4.52 Å². The molecule has 0 aromatic carbocycles. The highest BCUT2D eigenvalue weighted by molar-refractivity contribution is 7.89. The van der Waals surface area contributed by atoms with Crippen molar-refractivity contribution in [3.05, 3.63) is 36.3 Å². The topological polar surface area (TPSA) is 111 Å². The molecule has 1 aliphatic rings. The first-order chi connectivity index (χ1) is 17.3. The van der Waals surface area contributed by atoms with Gasteiger partial charge in [0.15, 0.2) is 5.03 Å². The monoisotopic (exact) mass is 522 g/mol. The van der Waals surface area contributed by atoms with Crippen molar-refractivity contribution in [2.75, 3.05) is 19.0 Å². The van der Waals surface area contributed by atoms with Crippen LogP contribution in [0.4, 0.5) is 14.7 Å². The number of alkyl halides is 2. The van der Waals surface area contributed by atoms with Gasteiger partial charge in [-0.05, 0) is 45.0 Å². The maximum atomic E-state index is 12.4. The normalized spacial score (nSPS) is 16.7. The van der Waals surface area contributed by atoms with Crippen LogP contribution in [-0.4, -0.2) is 54.3 Å². The fourth-order valence-electron chi connectivity index (χ4n) is 4.64. The zero-order valence-corrected chi connectivity index (χ0v) is 21.3. The van der Waals surface area contributed by atoms with Crippen LogP contribution in [0.25, 0.3) is 16.6 Å². The number of anilines is 1. The number of hydrogen-bond donors (Lipinski definition) is 2. The van der Waals surface area contributed by atoms with E-state index in [9.17, 15) is 17.2 Å². The molecule has 0 aliphatic heterocycles. The Labute approximate surface area is 209 Å². The number of rotatable bonds is 9. The van der Waals surface area contributed by atoms with Crippen molar-refractivity contribution in [3.63, 3.8) is 0 Å². The Kier molecular flexibility index (Phi) is 8.47. The van der Waals surface area contributed by atoms with Crippen LogP contribution in [0, 0.1) is 0 Å². The van der Waals surface area contributed by atoms with E-state index in [1.165, 1.54) is 38.6 Å². The van der Waals surface area contributed by atoms with E-state index < -0.39 is 22.7 Å². The summed E-state index contributed by atoms with van der Waals surface area (Å²) in [6.45, 7) is -1.29. The zero-order valence-electron chi connectivity index (χ0n) is 20.5. The zero-order chi connectivity index (χ0) is 25.7. The van der Waals surface area contributed by atoms with Gasteiger partial charge in [-0.3, -0.25) is 0 Å². The van der Waals surface area contributed by atoms with E-state index in [2.05, 4.69) is 30.8 Å². The van der Waals surface area contributed by atoms with Gasteiger partial charge < -0.3 is 10.1 Å². The molecule has 3 aromatic heterocycles. The summed E-state index contributed by atoms with van der Waals surface area (Å²) in [7, 11) is -2.30. The van der Waals surface area contributed by atoms with Gasteiger partial charge in [-0.2, -0.15) is 8.78 Å². The predicted octanol–water partition coefficient (Wildman–Crippen LogP) is 4.57. The summed E-state index contributed by atoms with van der Waals surface area (Å²) in [5, 5.41) is 7.69. The van der Waals surface area contributed by atoms with E-state index in [1.54, 1.807) is 19.2 Å². The van der Waals surface area contributed by atoms with E-state index in [0.717, 1.165) is 48.0 Å². The molecule has 3 aromatic rings. The van der Waals surface area contributed by atoms with Gasteiger partial charge in [0.25, 0.3) is 10.0 Å². The van der Waals surface area contributed by atoms with Crippen molar-refractivity contribution in [1.29, 1.82) is 0 Å². The highest BCUT2D eigenvalue weighted by atomic mass is 32.2. The molecular formula is C24H32F2N6O3S. The Hall–Kier alpha value is -2.70. The Bertz CT molecular complexity index is 1260. The van der Waals surface area contributed by atoms with Gasteiger partial charge in [-0.15, -0.1) is 5.10 Å². The summed E-state index contributed by atoms with van der Waals surface area (Å²) < 4.78 is 57.5. The minimum absolute atomic E-state index is 0.0553. The number of halogens is 2. The maximum Gasteiger partial charge on any atom is 0.345 e. The van der Waals surface area contributed by atoms with Crippen LogP contribution in [-0.2, 0) is 14.8 Å². The van der Waals surface area contributed by atoms with Gasteiger partial charge in [-0.1, -0.05) is 32.1 Å². The van der Waals surface area contributed by atoms with Crippen LogP contribution in [0.1, 0.15) is 63.5 Å². The average Bonchev–Trinajstić information content (AvgIpc) is 3.21. The first-order valence-electron chi connectivity index (χ1n) is 12.2. The van der Waals surface area contributed by atoms with Crippen LogP contribution in [0.2, 0.25) is 0 Å². The SMILES string of the molecule is CNS(=O)(=O)c1ccc(-c2cc(C3CCCCCCC3)n3nc(N[C@@H](C)COC(F)F)ncc23)cn1. The quantitative estimate of drug-likeness (QED) is 0.424. The van der Waals surface area contributed by atoms with Crippen LogP contribution >= 0.6 is 0 Å². The van der Waals surface area contributed by atoms with Crippen LogP contribution < -0.4 is 10.0 Å². The Morgan fingerprint density at radius 3 is 2.47 bits per heavy atom. The fraction of sp³-hybridized carbons (Fsp3) is 0.542.